The zero-order chi connectivity index (χ0) is 17.2. The number of nitrogens with one attached hydrogen (secondary N) is 1. The third-order valence-corrected chi connectivity index (χ3v) is 2.94. The van der Waals surface area contributed by atoms with Crippen molar-refractivity contribution in [3.05, 3.63) is 59.2 Å². The number of halogens is 5. The molecule has 0 bridgehead atoms. The van der Waals surface area contributed by atoms with Gasteiger partial charge < -0.3 is 10.1 Å². The predicted octanol–water partition coefficient (Wildman–Crippen LogP) is 4.24. The van der Waals surface area contributed by atoms with E-state index in [1.54, 1.807) is 0 Å². The Hall–Kier alpha value is -2.64. The van der Waals surface area contributed by atoms with Gasteiger partial charge in [-0.1, -0.05) is 0 Å². The normalized spacial score (nSPS) is 11.2. The molecule has 2 aromatic carbocycles. The number of methoxy groups -OCH3 is 1. The van der Waals surface area contributed by atoms with E-state index < -0.39 is 34.8 Å². The van der Waals surface area contributed by atoms with Crippen molar-refractivity contribution < 1.29 is 31.5 Å². The summed E-state index contributed by atoms with van der Waals surface area (Å²) in [6.45, 7) is 0. The van der Waals surface area contributed by atoms with Gasteiger partial charge >= 0.3 is 6.18 Å². The Bertz CT molecular complexity index is 743. The van der Waals surface area contributed by atoms with Crippen LogP contribution in [0.25, 0.3) is 0 Å². The lowest BCUT2D eigenvalue weighted by Crippen LogP contribution is -2.19. The molecule has 0 aliphatic heterocycles. The number of benzene rings is 2. The van der Waals surface area contributed by atoms with E-state index in [4.69, 9.17) is 4.74 Å². The maximum absolute atomic E-state index is 13.2. The van der Waals surface area contributed by atoms with Crippen molar-refractivity contribution in [2.45, 2.75) is 6.18 Å². The average Bonchev–Trinajstić information content (AvgIpc) is 2.46. The van der Waals surface area contributed by atoms with Crippen molar-refractivity contribution in [2.24, 2.45) is 0 Å². The molecule has 0 saturated heterocycles. The fraction of sp³-hybridized carbons (Fsp3) is 0.133. The first-order valence-corrected chi connectivity index (χ1v) is 6.24. The molecule has 0 heterocycles. The number of hydrogen-bond acceptors (Lipinski definition) is 2. The minimum absolute atomic E-state index is 0.0652. The van der Waals surface area contributed by atoms with Crippen LogP contribution in [-0.4, -0.2) is 13.0 Å². The summed E-state index contributed by atoms with van der Waals surface area (Å²) in [5, 5.41) is 2.12. The summed E-state index contributed by atoms with van der Waals surface area (Å²) in [5.74, 6) is -2.94. The van der Waals surface area contributed by atoms with E-state index in [-0.39, 0.29) is 17.5 Å². The van der Waals surface area contributed by atoms with Gasteiger partial charge in [-0.15, -0.1) is 0 Å². The average molecular weight is 331 g/mol. The number of amides is 1. The number of rotatable bonds is 3. The van der Waals surface area contributed by atoms with Crippen molar-refractivity contribution in [1.82, 2.24) is 0 Å². The summed E-state index contributed by atoms with van der Waals surface area (Å²) in [5.41, 5.74) is -2.36. The molecule has 1 amide bonds. The van der Waals surface area contributed by atoms with Crippen LogP contribution >= 0.6 is 0 Å². The third-order valence-electron chi connectivity index (χ3n) is 2.94. The van der Waals surface area contributed by atoms with Crippen LogP contribution in [0.15, 0.2) is 36.4 Å². The number of alkyl halides is 3. The van der Waals surface area contributed by atoms with Crippen molar-refractivity contribution in [3.8, 4) is 5.75 Å². The van der Waals surface area contributed by atoms with Gasteiger partial charge in [0.05, 0.1) is 23.9 Å². The highest BCUT2D eigenvalue weighted by molar-refractivity contribution is 6.06. The third kappa shape index (κ3) is 3.77. The fourth-order valence-corrected chi connectivity index (χ4v) is 1.92. The summed E-state index contributed by atoms with van der Waals surface area (Å²) < 4.78 is 69.9. The van der Waals surface area contributed by atoms with Gasteiger partial charge in [-0.2, -0.15) is 13.2 Å². The van der Waals surface area contributed by atoms with Crippen molar-refractivity contribution >= 4 is 11.6 Å². The van der Waals surface area contributed by atoms with Crippen molar-refractivity contribution in [3.63, 3.8) is 0 Å². The van der Waals surface area contributed by atoms with Gasteiger partial charge in [0.25, 0.3) is 5.91 Å². The number of hydrogen-bond donors (Lipinski definition) is 1. The molecule has 0 aliphatic rings. The second kappa shape index (κ2) is 6.23. The lowest BCUT2D eigenvalue weighted by molar-refractivity contribution is -0.138. The minimum atomic E-state index is -4.92. The maximum atomic E-state index is 13.2. The van der Waals surface area contributed by atoms with Crippen LogP contribution < -0.4 is 10.1 Å². The first kappa shape index (κ1) is 16.7. The Balaban J connectivity index is 2.41. The van der Waals surface area contributed by atoms with Gasteiger partial charge in [0.15, 0.2) is 0 Å². The summed E-state index contributed by atoms with van der Waals surface area (Å²) in [6, 6.07) is 4.82. The number of ether oxygens (including phenoxy) is 1. The molecule has 122 valence electrons. The smallest absolute Gasteiger partial charge is 0.417 e. The van der Waals surface area contributed by atoms with E-state index in [1.807, 2.05) is 0 Å². The van der Waals surface area contributed by atoms with E-state index in [0.29, 0.717) is 6.07 Å². The van der Waals surface area contributed by atoms with Crippen LogP contribution in [0.3, 0.4) is 0 Å². The molecule has 0 radical (unpaired) electrons. The lowest BCUT2D eigenvalue weighted by atomic mass is 10.1. The highest BCUT2D eigenvalue weighted by Crippen LogP contribution is 2.33. The fourth-order valence-electron chi connectivity index (χ4n) is 1.92. The van der Waals surface area contributed by atoms with Crippen LogP contribution in [0.4, 0.5) is 27.6 Å². The summed E-state index contributed by atoms with van der Waals surface area (Å²) in [6.07, 6.45) is -4.92. The first-order valence-electron chi connectivity index (χ1n) is 6.24. The molecule has 0 atom stereocenters. The molecule has 0 unspecified atom stereocenters. The van der Waals surface area contributed by atoms with Crippen LogP contribution in [0.2, 0.25) is 0 Å². The van der Waals surface area contributed by atoms with Gasteiger partial charge in [0, 0.05) is 6.07 Å². The van der Waals surface area contributed by atoms with Gasteiger partial charge in [-0.05, 0) is 30.3 Å². The molecule has 1 N–H and O–H groups in total. The maximum Gasteiger partial charge on any atom is 0.417 e. The Labute approximate surface area is 127 Å². The van der Waals surface area contributed by atoms with E-state index >= 15 is 0 Å². The Morgan fingerprint density at radius 3 is 2.26 bits per heavy atom. The predicted molar refractivity (Wildman–Crippen MR) is 72.3 cm³/mol. The zero-order valence-electron chi connectivity index (χ0n) is 11.7. The minimum Gasteiger partial charge on any atom is -0.495 e. The molecule has 3 nitrogen and oxygen atoms in total. The number of carbonyl (C=O) groups excluding carboxylic acids is 1. The SMILES string of the molecule is COc1ccc(F)cc1NC(=O)c1ccc(F)cc1C(F)(F)F. The highest BCUT2D eigenvalue weighted by atomic mass is 19.4. The Kier molecular flexibility index (Phi) is 4.53. The van der Waals surface area contributed by atoms with E-state index in [2.05, 4.69) is 5.32 Å². The first-order chi connectivity index (χ1) is 10.7. The van der Waals surface area contributed by atoms with E-state index in [1.165, 1.54) is 13.2 Å². The van der Waals surface area contributed by atoms with Gasteiger partial charge in [0.2, 0.25) is 0 Å². The topological polar surface area (TPSA) is 38.3 Å². The molecule has 0 saturated carbocycles. The van der Waals surface area contributed by atoms with Crippen LogP contribution in [-0.2, 0) is 6.18 Å². The van der Waals surface area contributed by atoms with Crippen molar-refractivity contribution in [1.29, 1.82) is 0 Å². The molecular weight excluding hydrogens is 321 g/mol. The highest BCUT2D eigenvalue weighted by Gasteiger charge is 2.35. The Morgan fingerprint density at radius 2 is 1.65 bits per heavy atom. The molecule has 0 aromatic heterocycles. The molecule has 0 spiro atoms. The number of carbonyl (C=O) groups is 1. The summed E-state index contributed by atoms with van der Waals surface area (Å²) in [7, 11) is 1.25. The zero-order valence-corrected chi connectivity index (χ0v) is 11.7. The van der Waals surface area contributed by atoms with Crippen LogP contribution in [0.1, 0.15) is 15.9 Å². The largest absolute Gasteiger partial charge is 0.495 e. The molecule has 0 fully saturated rings. The standard InChI is InChI=1S/C15H10F5NO2/c1-23-13-5-3-9(17)7-12(13)21-14(22)10-4-2-8(16)6-11(10)15(18,19)20/h2-7H,1H3,(H,21,22). The van der Waals surface area contributed by atoms with E-state index in [0.717, 1.165) is 18.2 Å². The molecule has 0 aliphatic carbocycles. The molecule has 8 heteroatoms. The Morgan fingerprint density at radius 1 is 1.04 bits per heavy atom. The van der Waals surface area contributed by atoms with Gasteiger partial charge in [0.1, 0.15) is 17.4 Å². The van der Waals surface area contributed by atoms with Crippen molar-refractivity contribution in [2.75, 3.05) is 12.4 Å². The van der Waals surface area contributed by atoms with E-state index in [9.17, 15) is 26.7 Å². The van der Waals surface area contributed by atoms with Gasteiger partial charge in [-0.25, -0.2) is 8.78 Å². The summed E-state index contributed by atoms with van der Waals surface area (Å²) in [4.78, 5) is 12.1. The molecule has 2 aromatic rings. The second-order valence-electron chi connectivity index (χ2n) is 4.49. The van der Waals surface area contributed by atoms with Crippen LogP contribution in [0, 0.1) is 11.6 Å². The van der Waals surface area contributed by atoms with Gasteiger partial charge in [-0.3, -0.25) is 4.79 Å². The quantitative estimate of drug-likeness (QED) is 0.854. The number of anilines is 1. The lowest BCUT2D eigenvalue weighted by Gasteiger charge is -2.14. The molecule has 2 rings (SSSR count). The monoisotopic (exact) mass is 331 g/mol. The summed E-state index contributed by atoms with van der Waals surface area (Å²) >= 11 is 0. The molecule has 23 heavy (non-hydrogen) atoms. The molecular formula is C15H10F5NO2. The second-order valence-corrected chi connectivity index (χ2v) is 4.49. The van der Waals surface area contributed by atoms with Crippen LogP contribution in [0.5, 0.6) is 5.75 Å².